The fourth-order valence-corrected chi connectivity index (χ4v) is 1.95. The maximum atomic E-state index is 12.8. The molecule has 0 amide bonds. The van der Waals surface area contributed by atoms with Crippen LogP contribution in [0.25, 0.3) is 11.1 Å². The summed E-state index contributed by atoms with van der Waals surface area (Å²) in [5, 5.41) is 0. The van der Waals surface area contributed by atoms with Crippen molar-refractivity contribution in [3.63, 3.8) is 0 Å². The van der Waals surface area contributed by atoms with Crippen LogP contribution in [0, 0.1) is 6.92 Å². The van der Waals surface area contributed by atoms with Crippen LogP contribution in [0.4, 0.5) is 26.3 Å². The van der Waals surface area contributed by atoms with Crippen molar-refractivity contribution in [3.05, 3.63) is 59.2 Å². The Morgan fingerprint density at radius 1 is 0.619 bits per heavy atom. The van der Waals surface area contributed by atoms with Gasteiger partial charge in [-0.25, -0.2) is 0 Å². The highest BCUT2D eigenvalue weighted by molar-refractivity contribution is 5.65. The van der Waals surface area contributed by atoms with Crippen LogP contribution in [0.3, 0.4) is 0 Å². The molecule has 0 aliphatic heterocycles. The van der Waals surface area contributed by atoms with Crippen molar-refractivity contribution in [2.75, 3.05) is 0 Å². The minimum absolute atomic E-state index is 0.0929. The number of halogens is 6. The van der Waals surface area contributed by atoms with Crippen molar-refractivity contribution < 1.29 is 26.3 Å². The summed E-state index contributed by atoms with van der Waals surface area (Å²) in [6, 6.07) is 8.55. The first-order valence-electron chi connectivity index (χ1n) is 5.94. The lowest BCUT2D eigenvalue weighted by molar-refractivity contribution is -0.162. The summed E-state index contributed by atoms with van der Waals surface area (Å²) in [6.45, 7) is 1.80. The van der Waals surface area contributed by atoms with Crippen LogP contribution in [-0.4, -0.2) is 0 Å². The molecule has 0 nitrogen and oxygen atoms in total. The van der Waals surface area contributed by atoms with Crippen LogP contribution in [-0.2, 0) is 12.4 Å². The summed E-state index contributed by atoms with van der Waals surface area (Å²) < 4.78 is 76.5. The SMILES string of the molecule is Cc1ccc(-c2ccc(C(F)(F)F)c(C(F)(F)F)c2)cc1. The Hall–Kier alpha value is -1.98. The normalized spacial score (nSPS) is 12.5. The summed E-state index contributed by atoms with van der Waals surface area (Å²) in [5.74, 6) is 0. The third-order valence-electron chi connectivity index (χ3n) is 3.02. The summed E-state index contributed by atoms with van der Waals surface area (Å²) in [7, 11) is 0. The average Bonchev–Trinajstić information content (AvgIpc) is 2.37. The van der Waals surface area contributed by atoms with E-state index >= 15 is 0 Å². The van der Waals surface area contributed by atoms with Gasteiger partial charge in [-0.2, -0.15) is 26.3 Å². The van der Waals surface area contributed by atoms with E-state index in [0.29, 0.717) is 17.7 Å². The molecule has 0 aliphatic carbocycles. The predicted octanol–water partition coefficient (Wildman–Crippen LogP) is 5.70. The zero-order valence-electron chi connectivity index (χ0n) is 10.8. The van der Waals surface area contributed by atoms with Crippen molar-refractivity contribution in [3.8, 4) is 11.1 Å². The van der Waals surface area contributed by atoms with Crippen molar-refractivity contribution in [2.24, 2.45) is 0 Å². The Balaban J connectivity index is 2.60. The predicted molar refractivity (Wildman–Crippen MR) is 66.6 cm³/mol. The minimum Gasteiger partial charge on any atom is -0.166 e. The molecule has 0 spiro atoms. The van der Waals surface area contributed by atoms with Gasteiger partial charge in [-0.15, -0.1) is 0 Å². The Labute approximate surface area is 117 Å². The number of benzene rings is 2. The van der Waals surface area contributed by atoms with Crippen molar-refractivity contribution in [1.29, 1.82) is 0 Å². The molecular formula is C15H10F6. The monoisotopic (exact) mass is 304 g/mol. The van der Waals surface area contributed by atoms with Crippen LogP contribution < -0.4 is 0 Å². The van der Waals surface area contributed by atoms with Gasteiger partial charge in [0.15, 0.2) is 0 Å². The average molecular weight is 304 g/mol. The van der Waals surface area contributed by atoms with E-state index in [1.54, 1.807) is 31.2 Å². The van der Waals surface area contributed by atoms with E-state index in [1.165, 1.54) is 0 Å². The summed E-state index contributed by atoms with van der Waals surface area (Å²) in [4.78, 5) is 0. The van der Waals surface area contributed by atoms with E-state index in [-0.39, 0.29) is 5.56 Å². The van der Waals surface area contributed by atoms with Crippen LogP contribution in [0.5, 0.6) is 0 Å². The van der Waals surface area contributed by atoms with Crippen molar-refractivity contribution in [2.45, 2.75) is 19.3 Å². The van der Waals surface area contributed by atoms with E-state index in [4.69, 9.17) is 0 Å². The molecule has 0 bridgehead atoms. The zero-order chi connectivity index (χ0) is 15.8. The highest BCUT2D eigenvalue weighted by Crippen LogP contribution is 2.41. The fraction of sp³-hybridized carbons (Fsp3) is 0.200. The van der Waals surface area contributed by atoms with Gasteiger partial charge in [-0.1, -0.05) is 35.9 Å². The third-order valence-corrected chi connectivity index (χ3v) is 3.02. The lowest BCUT2D eigenvalue weighted by Crippen LogP contribution is -2.16. The van der Waals surface area contributed by atoms with Crippen molar-refractivity contribution >= 4 is 0 Å². The molecule has 112 valence electrons. The molecule has 0 saturated carbocycles. The molecule has 2 aromatic rings. The van der Waals surface area contributed by atoms with Gasteiger partial charge in [-0.05, 0) is 30.2 Å². The molecule has 21 heavy (non-hydrogen) atoms. The topological polar surface area (TPSA) is 0 Å². The van der Waals surface area contributed by atoms with Crippen molar-refractivity contribution in [1.82, 2.24) is 0 Å². The molecule has 0 unspecified atom stereocenters. The van der Waals surface area contributed by atoms with E-state index in [0.717, 1.165) is 11.6 Å². The molecule has 6 heteroatoms. The van der Waals surface area contributed by atoms with Gasteiger partial charge >= 0.3 is 12.4 Å². The minimum atomic E-state index is -5.06. The Kier molecular flexibility index (Phi) is 3.74. The summed E-state index contributed by atoms with van der Waals surface area (Å²) >= 11 is 0. The zero-order valence-corrected chi connectivity index (χ0v) is 10.8. The summed E-state index contributed by atoms with van der Waals surface area (Å²) in [6.07, 6.45) is -10.1. The first-order valence-corrected chi connectivity index (χ1v) is 5.94. The van der Waals surface area contributed by atoms with Gasteiger partial charge in [0.2, 0.25) is 0 Å². The van der Waals surface area contributed by atoms with Crippen LogP contribution in [0.2, 0.25) is 0 Å². The second kappa shape index (κ2) is 5.09. The molecule has 0 aliphatic rings. The lowest BCUT2D eigenvalue weighted by atomic mass is 9.98. The Morgan fingerprint density at radius 3 is 1.57 bits per heavy atom. The van der Waals surface area contributed by atoms with E-state index in [9.17, 15) is 26.3 Å². The van der Waals surface area contributed by atoms with Crippen LogP contribution >= 0.6 is 0 Å². The number of hydrogen-bond acceptors (Lipinski definition) is 0. The van der Waals surface area contributed by atoms with Gasteiger partial charge in [0.1, 0.15) is 0 Å². The third kappa shape index (κ3) is 3.37. The number of rotatable bonds is 1. The van der Waals surface area contributed by atoms with Gasteiger partial charge in [-0.3, -0.25) is 0 Å². The maximum absolute atomic E-state index is 12.8. The fourth-order valence-electron chi connectivity index (χ4n) is 1.95. The van der Waals surface area contributed by atoms with E-state index < -0.39 is 23.5 Å². The first kappa shape index (κ1) is 15.4. The molecule has 0 atom stereocenters. The summed E-state index contributed by atoms with van der Waals surface area (Å²) in [5.41, 5.74) is -1.92. The molecule has 0 saturated heterocycles. The van der Waals surface area contributed by atoms with Gasteiger partial charge in [0, 0.05) is 0 Å². The van der Waals surface area contributed by atoms with E-state index in [1.807, 2.05) is 0 Å². The number of alkyl halides is 6. The molecule has 0 N–H and O–H groups in total. The first-order chi connectivity index (χ1) is 9.59. The Morgan fingerprint density at radius 2 is 1.10 bits per heavy atom. The smallest absolute Gasteiger partial charge is 0.166 e. The second-order valence-corrected chi connectivity index (χ2v) is 4.62. The molecule has 0 fully saturated rings. The molecule has 0 heterocycles. The molecular weight excluding hydrogens is 294 g/mol. The van der Waals surface area contributed by atoms with Gasteiger partial charge in [0.25, 0.3) is 0 Å². The molecule has 0 radical (unpaired) electrons. The quantitative estimate of drug-likeness (QED) is 0.593. The highest BCUT2D eigenvalue weighted by Gasteiger charge is 2.43. The molecule has 2 rings (SSSR count). The van der Waals surface area contributed by atoms with E-state index in [2.05, 4.69) is 0 Å². The Bertz CT molecular complexity index is 635. The number of hydrogen-bond donors (Lipinski definition) is 0. The standard InChI is InChI=1S/C15H10F6/c1-9-2-4-10(5-3-9)11-6-7-12(14(16,17)18)13(8-11)15(19,20)21/h2-8H,1H3. The molecule has 0 aromatic heterocycles. The van der Waals surface area contributed by atoms with Crippen LogP contribution in [0.15, 0.2) is 42.5 Å². The van der Waals surface area contributed by atoms with Gasteiger partial charge in [0.05, 0.1) is 11.1 Å². The number of aryl methyl sites for hydroxylation is 1. The van der Waals surface area contributed by atoms with Crippen LogP contribution in [0.1, 0.15) is 16.7 Å². The largest absolute Gasteiger partial charge is 0.417 e. The maximum Gasteiger partial charge on any atom is 0.417 e. The van der Waals surface area contributed by atoms with Gasteiger partial charge < -0.3 is 0 Å². The lowest BCUT2D eigenvalue weighted by Gasteiger charge is -2.16. The highest BCUT2D eigenvalue weighted by atomic mass is 19.4. The second-order valence-electron chi connectivity index (χ2n) is 4.62. The molecule has 2 aromatic carbocycles.